The molecule has 0 bridgehead atoms. The van der Waals surface area contributed by atoms with Crippen LogP contribution in [0.25, 0.3) is 0 Å². The number of halogens is 2. The molecule has 1 unspecified atom stereocenters. The van der Waals surface area contributed by atoms with Gasteiger partial charge in [0.2, 0.25) is 5.91 Å². The van der Waals surface area contributed by atoms with Crippen LogP contribution in [0.1, 0.15) is 31.4 Å². The van der Waals surface area contributed by atoms with Crippen molar-refractivity contribution in [3.8, 4) is 0 Å². The zero-order valence-corrected chi connectivity index (χ0v) is 16.1. The van der Waals surface area contributed by atoms with Gasteiger partial charge in [0.1, 0.15) is 5.82 Å². The van der Waals surface area contributed by atoms with Crippen molar-refractivity contribution in [2.24, 2.45) is 11.1 Å². The maximum absolute atomic E-state index is 13.1. The highest BCUT2D eigenvalue weighted by Gasteiger charge is 2.28. The summed E-state index contributed by atoms with van der Waals surface area (Å²) in [6.45, 7) is 4.53. The van der Waals surface area contributed by atoms with E-state index in [-0.39, 0.29) is 23.7 Å². The zero-order chi connectivity index (χ0) is 19.4. The summed E-state index contributed by atoms with van der Waals surface area (Å²) in [5, 5.41) is 4.80. The zero-order valence-electron chi connectivity index (χ0n) is 15.4. The maximum atomic E-state index is 13.1. The van der Waals surface area contributed by atoms with Gasteiger partial charge in [0.15, 0.2) is 6.10 Å². The lowest BCUT2D eigenvalue weighted by atomic mass is 10.0. The molecule has 1 heterocycles. The SMILES string of the molecule is CC(C)C(=O)N(Cc1ccc(F)cc1)CC1CC(c2ccccc2Cl)=NO1. The number of hydrogen-bond acceptors (Lipinski definition) is 3. The molecule has 0 saturated heterocycles. The minimum atomic E-state index is -0.294. The lowest BCUT2D eigenvalue weighted by Gasteiger charge is -2.26. The average molecular weight is 389 g/mol. The Balaban J connectivity index is 1.69. The van der Waals surface area contributed by atoms with Gasteiger partial charge in [0.25, 0.3) is 0 Å². The Labute approximate surface area is 163 Å². The fourth-order valence-corrected chi connectivity index (χ4v) is 3.28. The molecule has 142 valence electrons. The van der Waals surface area contributed by atoms with Crippen molar-refractivity contribution in [2.75, 3.05) is 6.54 Å². The van der Waals surface area contributed by atoms with E-state index in [2.05, 4.69) is 5.16 Å². The standard InChI is InChI=1S/C21H22ClFN2O2/c1-14(2)21(26)25(12-15-7-9-16(23)10-8-15)13-17-11-20(24-27-17)18-5-3-4-6-19(18)22/h3-10,14,17H,11-13H2,1-2H3. The molecule has 0 saturated carbocycles. The molecule has 1 amide bonds. The van der Waals surface area contributed by atoms with Crippen LogP contribution in [-0.2, 0) is 16.2 Å². The van der Waals surface area contributed by atoms with Crippen molar-refractivity contribution in [3.05, 3.63) is 70.5 Å². The molecule has 0 aliphatic carbocycles. The Morgan fingerprint density at radius 1 is 1.26 bits per heavy atom. The predicted molar refractivity (Wildman–Crippen MR) is 104 cm³/mol. The van der Waals surface area contributed by atoms with Crippen molar-refractivity contribution in [2.45, 2.75) is 32.9 Å². The minimum Gasteiger partial charge on any atom is -0.390 e. The smallest absolute Gasteiger partial charge is 0.225 e. The summed E-state index contributed by atoms with van der Waals surface area (Å²) in [7, 11) is 0. The third kappa shape index (κ3) is 4.86. The van der Waals surface area contributed by atoms with Crippen LogP contribution in [0.4, 0.5) is 4.39 Å². The number of carbonyl (C=O) groups excluding carboxylic acids is 1. The highest BCUT2D eigenvalue weighted by molar-refractivity contribution is 6.34. The number of rotatable bonds is 6. The molecule has 1 aliphatic rings. The van der Waals surface area contributed by atoms with Gasteiger partial charge in [-0.15, -0.1) is 0 Å². The van der Waals surface area contributed by atoms with Crippen LogP contribution in [0.5, 0.6) is 0 Å². The lowest BCUT2D eigenvalue weighted by molar-refractivity contribution is -0.136. The second-order valence-electron chi connectivity index (χ2n) is 6.95. The summed E-state index contributed by atoms with van der Waals surface area (Å²) in [6, 6.07) is 13.7. The van der Waals surface area contributed by atoms with Gasteiger partial charge in [-0.25, -0.2) is 4.39 Å². The summed E-state index contributed by atoms with van der Waals surface area (Å²) >= 11 is 6.24. The Morgan fingerprint density at radius 3 is 2.63 bits per heavy atom. The number of amides is 1. The van der Waals surface area contributed by atoms with E-state index in [4.69, 9.17) is 16.4 Å². The van der Waals surface area contributed by atoms with E-state index in [0.29, 0.717) is 24.5 Å². The Bertz CT molecular complexity index is 836. The number of nitrogens with zero attached hydrogens (tertiary/aromatic N) is 2. The molecule has 3 rings (SSSR count). The van der Waals surface area contributed by atoms with Gasteiger partial charge in [-0.05, 0) is 23.8 Å². The van der Waals surface area contributed by atoms with Gasteiger partial charge >= 0.3 is 0 Å². The minimum absolute atomic E-state index is 0.0223. The first kappa shape index (κ1) is 19.4. The monoisotopic (exact) mass is 388 g/mol. The largest absolute Gasteiger partial charge is 0.390 e. The Hall–Kier alpha value is -2.40. The molecular weight excluding hydrogens is 367 g/mol. The van der Waals surface area contributed by atoms with E-state index in [0.717, 1.165) is 16.8 Å². The Morgan fingerprint density at radius 2 is 1.96 bits per heavy atom. The molecule has 1 atom stereocenters. The third-order valence-corrected chi connectivity index (χ3v) is 4.76. The highest BCUT2D eigenvalue weighted by Crippen LogP contribution is 2.24. The van der Waals surface area contributed by atoms with Gasteiger partial charge in [-0.2, -0.15) is 0 Å². The molecule has 0 spiro atoms. The molecule has 2 aromatic rings. The van der Waals surface area contributed by atoms with E-state index < -0.39 is 0 Å². The average Bonchev–Trinajstić information content (AvgIpc) is 3.11. The molecule has 6 heteroatoms. The van der Waals surface area contributed by atoms with Gasteiger partial charge in [-0.1, -0.05) is 60.9 Å². The van der Waals surface area contributed by atoms with Crippen LogP contribution in [0.3, 0.4) is 0 Å². The van der Waals surface area contributed by atoms with Gasteiger partial charge in [0, 0.05) is 29.5 Å². The number of oxime groups is 1. The van der Waals surface area contributed by atoms with Crippen LogP contribution < -0.4 is 0 Å². The number of carbonyl (C=O) groups is 1. The van der Waals surface area contributed by atoms with Crippen LogP contribution in [0, 0.1) is 11.7 Å². The normalized spacial score (nSPS) is 16.2. The molecule has 0 aromatic heterocycles. The quantitative estimate of drug-likeness (QED) is 0.722. The van der Waals surface area contributed by atoms with E-state index >= 15 is 0 Å². The van der Waals surface area contributed by atoms with Crippen LogP contribution in [0.15, 0.2) is 53.7 Å². The van der Waals surface area contributed by atoms with Crippen LogP contribution in [0.2, 0.25) is 5.02 Å². The predicted octanol–water partition coefficient (Wildman–Crippen LogP) is 4.66. The molecule has 0 radical (unpaired) electrons. The van der Waals surface area contributed by atoms with Crippen molar-refractivity contribution >= 4 is 23.2 Å². The van der Waals surface area contributed by atoms with Gasteiger partial charge in [0.05, 0.1) is 12.3 Å². The second kappa shape index (κ2) is 8.53. The second-order valence-corrected chi connectivity index (χ2v) is 7.36. The molecule has 27 heavy (non-hydrogen) atoms. The van der Waals surface area contributed by atoms with Crippen LogP contribution in [-0.4, -0.2) is 29.2 Å². The molecule has 4 nitrogen and oxygen atoms in total. The third-order valence-electron chi connectivity index (χ3n) is 4.43. The summed E-state index contributed by atoms with van der Waals surface area (Å²) in [4.78, 5) is 20.0. The van der Waals surface area contributed by atoms with Crippen molar-refractivity contribution < 1.29 is 14.0 Å². The molecule has 1 aliphatic heterocycles. The van der Waals surface area contributed by atoms with E-state index in [1.165, 1.54) is 12.1 Å². The first-order valence-electron chi connectivity index (χ1n) is 8.95. The molecule has 2 aromatic carbocycles. The topological polar surface area (TPSA) is 41.9 Å². The summed E-state index contributed by atoms with van der Waals surface area (Å²) in [6.07, 6.45) is 0.342. The lowest BCUT2D eigenvalue weighted by Crippen LogP contribution is -2.39. The van der Waals surface area contributed by atoms with Crippen LogP contribution >= 0.6 is 11.6 Å². The summed E-state index contributed by atoms with van der Waals surface area (Å²) in [5.74, 6) is -0.415. The Kier molecular flexibility index (Phi) is 6.11. The van der Waals surface area contributed by atoms with Crippen molar-refractivity contribution in [3.63, 3.8) is 0 Å². The van der Waals surface area contributed by atoms with E-state index in [1.54, 1.807) is 17.0 Å². The fourth-order valence-electron chi connectivity index (χ4n) is 3.03. The number of hydrogen-bond donors (Lipinski definition) is 0. The molecule has 0 N–H and O–H groups in total. The maximum Gasteiger partial charge on any atom is 0.225 e. The van der Waals surface area contributed by atoms with Crippen molar-refractivity contribution in [1.29, 1.82) is 0 Å². The first-order valence-corrected chi connectivity index (χ1v) is 9.32. The van der Waals surface area contributed by atoms with Gasteiger partial charge in [-0.3, -0.25) is 4.79 Å². The first-order chi connectivity index (χ1) is 12.9. The van der Waals surface area contributed by atoms with E-state index in [1.807, 2.05) is 38.1 Å². The van der Waals surface area contributed by atoms with Gasteiger partial charge < -0.3 is 9.74 Å². The van der Waals surface area contributed by atoms with E-state index in [9.17, 15) is 9.18 Å². The van der Waals surface area contributed by atoms with Crippen molar-refractivity contribution in [1.82, 2.24) is 4.90 Å². The molecular formula is C21H22ClFN2O2. The number of benzene rings is 2. The molecule has 0 fully saturated rings. The fraction of sp³-hybridized carbons (Fsp3) is 0.333. The summed E-state index contributed by atoms with van der Waals surface area (Å²) < 4.78 is 13.1. The highest BCUT2D eigenvalue weighted by atomic mass is 35.5. The summed E-state index contributed by atoms with van der Waals surface area (Å²) in [5.41, 5.74) is 2.50.